The lowest BCUT2D eigenvalue weighted by molar-refractivity contribution is -0.120. The highest BCUT2D eigenvalue weighted by atomic mass is 16.1. The lowest BCUT2D eigenvalue weighted by Gasteiger charge is -2.04. The molecule has 15 heavy (non-hydrogen) atoms. The van der Waals surface area contributed by atoms with Crippen molar-refractivity contribution in [2.24, 2.45) is 0 Å². The Morgan fingerprint density at radius 3 is 2.87 bits per heavy atom. The van der Waals surface area contributed by atoms with Crippen LogP contribution in [0.2, 0.25) is 0 Å². The maximum Gasteiger partial charge on any atom is 0.234 e. The number of hydrogen-bond donors (Lipinski definition) is 2. The van der Waals surface area contributed by atoms with Gasteiger partial charge in [-0.3, -0.25) is 9.78 Å². The molecular weight excluding hydrogens is 190 g/mol. The summed E-state index contributed by atoms with van der Waals surface area (Å²) < 4.78 is 0. The third-order valence-corrected chi connectivity index (χ3v) is 1.81. The highest BCUT2D eigenvalue weighted by Gasteiger charge is 1.98. The fourth-order valence-electron chi connectivity index (χ4n) is 1.07. The zero-order chi connectivity index (χ0) is 10.9. The van der Waals surface area contributed by atoms with Crippen LogP contribution in [0.1, 0.15) is 5.56 Å². The third kappa shape index (κ3) is 4.93. The Morgan fingerprint density at radius 2 is 2.20 bits per heavy atom. The van der Waals surface area contributed by atoms with Gasteiger partial charge in [-0.2, -0.15) is 0 Å². The second-order valence-electron chi connectivity index (χ2n) is 3.05. The summed E-state index contributed by atoms with van der Waals surface area (Å²) >= 11 is 0. The van der Waals surface area contributed by atoms with E-state index in [-0.39, 0.29) is 5.91 Å². The van der Waals surface area contributed by atoms with Gasteiger partial charge in [-0.1, -0.05) is 6.08 Å². The molecule has 1 aromatic rings. The molecule has 1 heterocycles. The molecule has 4 nitrogen and oxygen atoms in total. The predicted molar refractivity (Wildman–Crippen MR) is 59.2 cm³/mol. The molecule has 2 N–H and O–H groups in total. The summed E-state index contributed by atoms with van der Waals surface area (Å²) in [6.45, 7) is 5.01. The zero-order valence-corrected chi connectivity index (χ0v) is 8.57. The van der Waals surface area contributed by atoms with Crippen LogP contribution in [0.15, 0.2) is 37.2 Å². The molecular formula is C11H15N3O. The Labute approximate surface area is 89.4 Å². The van der Waals surface area contributed by atoms with Gasteiger partial charge in [0.15, 0.2) is 0 Å². The van der Waals surface area contributed by atoms with Crippen molar-refractivity contribution in [2.75, 3.05) is 13.1 Å². The molecule has 0 bridgehead atoms. The van der Waals surface area contributed by atoms with E-state index in [0.717, 1.165) is 5.56 Å². The van der Waals surface area contributed by atoms with E-state index < -0.39 is 0 Å². The van der Waals surface area contributed by atoms with Crippen LogP contribution < -0.4 is 10.6 Å². The Morgan fingerprint density at radius 1 is 1.47 bits per heavy atom. The average molecular weight is 205 g/mol. The maximum absolute atomic E-state index is 11.2. The molecule has 0 atom stereocenters. The number of amides is 1. The molecule has 80 valence electrons. The van der Waals surface area contributed by atoms with Crippen molar-refractivity contribution in [1.29, 1.82) is 0 Å². The molecule has 0 radical (unpaired) electrons. The summed E-state index contributed by atoms with van der Waals surface area (Å²) in [4.78, 5) is 15.1. The van der Waals surface area contributed by atoms with Crippen molar-refractivity contribution >= 4 is 5.91 Å². The van der Waals surface area contributed by atoms with Gasteiger partial charge in [0.2, 0.25) is 5.91 Å². The van der Waals surface area contributed by atoms with Crippen molar-refractivity contribution < 1.29 is 4.79 Å². The van der Waals surface area contributed by atoms with Crippen LogP contribution in [0, 0.1) is 0 Å². The van der Waals surface area contributed by atoms with Crippen LogP contribution in [0.25, 0.3) is 0 Å². The molecule has 0 spiro atoms. The quantitative estimate of drug-likeness (QED) is 0.664. The highest BCUT2D eigenvalue weighted by molar-refractivity contribution is 5.78. The van der Waals surface area contributed by atoms with E-state index in [4.69, 9.17) is 0 Å². The van der Waals surface area contributed by atoms with Crippen molar-refractivity contribution in [2.45, 2.75) is 6.54 Å². The van der Waals surface area contributed by atoms with Gasteiger partial charge in [-0.15, -0.1) is 6.58 Å². The Kier molecular flexibility index (Phi) is 5.11. The van der Waals surface area contributed by atoms with Gasteiger partial charge in [-0.05, 0) is 17.7 Å². The molecule has 0 fully saturated rings. The molecule has 0 aliphatic rings. The van der Waals surface area contributed by atoms with Gasteiger partial charge in [0.05, 0.1) is 6.54 Å². The van der Waals surface area contributed by atoms with Crippen LogP contribution >= 0.6 is 0 Å². The Hall–Kier alpha value is -1.68. The summed E-state index contributed by atoms with van der Waals surface area (Å²) in [6.07, 6.45) is 5.12. The molecule has 0 unspecified atom stereocenters. The Balaban J connectivity index is 2.16. The van der Waals surface area contributed by atoms with E-state index in [9.17, 15) is 4.79 Å². The summed E-state index contributed by atoms with van der Waals surface area (Å²) in [6, 6.07) is 3.82. The molecule has 1 amide bonds. The third-order valence-electron chi connectivity index (χ3n) is 1.81. The normalized spacial score (nSPS) is 9.60. The number of nitrogens with zero attached hydrogens (tertiary/aromatic N) is 1. The minimum Gasteiger partial charge on any atom is -0.352 e. The zero-order valence-electron chi connectivity index (χ0n) is 8.57. The van der Waals surface area contributed by atoms with Gasteiger partial charge in [0, 0.05) is 25.5 Å². The smallest absolute Gasteiger partial charge is 0.234 e. The first-order valence-electron chi connectivity index (χ1n) is 4.80. The molecule has 0 aliphatic carbocycles. The van der Waals surface area contributed by atoms with Crippen LogP contribution in [0.4, 0.5) is 0 Å². The topological polar surface area (TPSA) is 54.0 Å². The summed E-state index contributed by atoms with van der Waals surface area (Å²) in [5, 5.41) is 5.72. The second-order valence-corrected chi connectivity index (χ2v) is 3.05. The second kappa shape index (κ2) is 6.73. The van der Waals surface area contributed by atoms with Crippen molar-refractivity contribution in [3.8, 4) is 0 Å². The fraction of sp³-hybridized carbons (Fsp3) is 0.273. The molecule has 0 aliphatic heterocycles. The van der Waals surface area contributed by atoms with E-state index in [0.29, 0.717) is 19.6 Å². The molecule has 0 aromatic carbocycles. The first-order chi connectivity index (χ1) is 7.33. The number of hydrogen-bond acceptors (Lipinski definition) is 3. The van der Waals surface area contributed by atoms with Crippen LogP contribution in [-0.2, 0) is 11.3 Å². The maximum atomic E-state index is 11.2. The summed E-state index contributed by atoms with van der Waals surface area (Å²) in [7, 11) is 0. The first-order valence-corrected chi connectivity index (χ1v) is 4.80. The van der Waals surface area contributed by atoms with E-state index in [1.165, 1.54) is 0 Å². The highest BCUT2D eigenvalue weighted by Crippen LogP contribution is 1.93. The summed E-state index contributed by atoms with van der Waals surface area (Å²) in [5.74, 6) is -0.0241. The van der Waals surface area contributed by atoms with Crippen molar-refractivity contribution in [3.05, 3.63) is 42.7 Å². The number of rotatable bonds is 6. The molecule has 4 heteroatoms. The number of aromatic nitrogens is 1. The van der Waals surface area contributed by atoms with Gasteiger partial charge in [0.1, 0.15) is 0 Å². The monoisotopic (exact) mass is 205 g/mol. The van der Waals surface area contributed by atoms with E-state index >= 15 is 0 Å². The molecule has 0 saturated heterocycles. The van der Waals surface area contributed by atoms with Gasteiger partial charge >= 0.3 is 0 Å². The molecule has 0 saturated carbocycles. The number of nitrogens with one attached hydrogen (secondary N) is 2. The van der Waals surface area contributed by atoms with E-state index in [1.807, 2.05) is 12.1 Å². The average Bonchev–Trinajstić information content (AvgIpc) is 2.28. The molecule has 1 rings (SSSR count). The van der Waals surface area contributed by atoms with Crippen LogP contribution in [-0.4, -0.2) is 24.0 Å². The van der Waals surface area contributed by atoms with E-state index in [1.54, 1.807) is 18.5 Å². The van der Waals surface area contributed by atoms with Gasteiger partial charge < -0.3 is 10.6 Å². The SMILES string of the molecule is C=CCNC(=O)CNCc1ccncc1. The number of carbonyl (C=O) groups excluding carboxylic acids is 1. The minimum atomic E-state index is -0.0241. The number of pyridine rings is 1. The predicted octanol–water partition coefficient (Wildman–Crippen LogP) is 0.473. The van der Waals surface area contributed by atoms with Gasteiger partial charge in [0.25, 0.3) is 0 Å². The van der Waals surface area contributed by atoms with Crippen LogP contribution in [0.3, 0.4) is 0 Å². The lowest BCUT2D eigenvalue weighted by Crippen LogP contribution is -2.33. The Bertz CT molecular complexity index is 311. The lowest BCUT2D eigenvalue weighted by atomic mass is 10.3. The minimum absolute atomic E-state index is 0.0241. The standard InChI is InChI=1S/C11H15N3O/c1-2-5-14-11(15)9-13-8-10-3-6-12-7-4-10/h2-4,6-7,13H,1,5,8-9H2,(H,14,15). The van der Waals surface area contributed by atoms with Crippen molar-refractivity contribution in [3.63, 3.8) is 0 Å². The van der Waals surface area contributed by atoms with Gasteiger partial charge in [-0.25, -0.2) is 0 Å². The van der Waals surface area contributed by atoms with E-state index in [2.05, 4.69) is 22.2 Å². The summed E-state index contributed by atoms with van der Waals surface area (Å²) in [5.41, 5.74) is 1.11. The number of carbonyl (C=O) groups is 1. The molecule has 1 aromatic heterocycles. The van der Waals surface area contributed by atoms with Crippen molar-refractivity contribution in [1.82, 2.24) is 15.6 Å². The van der Waals surface area contributed by atoms with Crippen LogP contribution in [0.5, 0.6) is 0 Å². The fourth-order valence-corrected chi connectivity index (χ4v) is 1.07. The first kappa shape index (κ1) is 11.4. The largest absolute Gasteiger partial charge is 0.352 e.